The Morgan fingerprint density at radius 3 is 2.44 bits per heavy atom. The quantitative estimate of drug-likeness (QED) is 0.548. The summed E-state index contributed by atoms with van der Waals surface area (Å²) in [6.45, 7) is 9.05. The average Bonchev–Trinajstić information content (AvgIpc) is 3.14. The highest BCUT2D eigenvalue weighted by Gasteiger charge is 2.20. The Balaban J connectivity index is 1.73. The molecular formula is C18H33N5O2. The maximum absolute atomic E-state index is 12.3. The minimum Gasteiger partial charge on any atom is -0.357 e. The molecule has 2 fully saturated rings. The van der Waals surface area contributed by atoms with Crippen molar-refractivity contribution in [3.05, 3.63) is 0 Å². The summed E-state index contributed by atoms with van der Waals surface area (Å²) in [6, 6.07) is 0. The van der Waals surface area contributed by atoms with Gasteiger partial charge in [0.1, 0.15) is 6.54 Å². The van der Waals surface area contributed by atoms with Crippen LogP contribution in [0.1, 0.15) is 46.0 Å². The fraction of sp³-hybridized carbons (Fsp3) is 0.833. The molecule has 2 aliphatic heterocycles. The molecule has 2 heterocycles. The first-order valence-corrected chi connectivity index (χ1v) is 9.68. The third-order valence-corrected chi connectivity index (χ3v) is 4.82. The van der Waals surface area contributed by atoms with Crippen molar-refractivity contribution < 1.29 is 9.59 Å². The van der Waals surface area contributed by atoms with Crippen LogP contribution in [0, 0.1) is 5.92 Å². The molecule has 142 valence electrons. The van der Waals surface area contributed by atoms with Crippen molar-refractivity contribution in [2.75, 3.05) is 45.8 Å². The van der Waals surface area contributed by atoms with Crippen molar-refractivity contribution in [3.63, 3.8) is 0 Å². The van der Waals surface area contributed by atoms with E-state index in [-0.39, 0.29) is 18.4 Å². The standard InChI is InChI=1S/C18H33N5O2/c1-3-19-18(21-13-17(25)22-10-4-5-11-22)20-9-8-16(24)23-12-6-7-15(2)14-23/h15H,3-14H2,1-2H3,(H2,19,20,21). The second-order valence-corrected chi connectivity index (χ2v) is 7.05. The smallest absolute Gasteiger partial charge is 0.244 e. The van der Waals surface area contributed by atoms with Gasteiger partial charge in [-0.2, -0.15) is 0 Å². The molecule has 2 aliphatic rings. The molecule has 25 heavy (non-hydrogen) atoms. The first kappa shape index (κ1) is 19.5. The number of piperidine rings is 1. The van der Waals surface area contributed by atoms with Gasteiger partial charge in [0.25, 0.3) is 0 Å². The molecule has 7 heteroatoms. The summed E-state index contributed by atoms with van der Waals surface area (Å²) in [7, 11) is 0. The molecule has 0 aromatic heterocycles. The summed E-state index contributed by atoms with van der Waals surface area (Å²) in [4.78, 5) is 32.6. The van der Waals surface area contributed by atoms with Crippen LogP contribution >= 0.6 is 0 Å². The average molecular weight is 351 g/mol. The third-order valence-electron chi connectivity index (χ3n) is 4.82. The van der Waals surface area contributed by atoms with Gasteiger partial charge in [-0.05, 0) is 38.5 Å². The van der Waals surface area contributed by atoms with Crippen molar-refractivity contribution in [3.8, 4) is 0 Å². The zero-order valence-electron chi connectivity index (χ0n) is 15.7. The normalized spacial score (nSPS) is 21.4. The number of nitrogens with zero attached hydrogens (tertiary/aromatic N) is 3. The molecule has 0 aromatic carbocycles. The van der Waals surface area contributed by atoms with Gasteiger partial charge in [-0.3, -0.25) is 9.59 Å². The van der Waals surface area contributed by atoms with E-state index in [0.29, 0.717) is 24.8 Å². The molecule has 0 radical (unpaired) electrons. The molecule has 0 aromatic rings. The highest BCUT2D eigenvalue weighted by molar-refractivity contribution is 5.85. The number of carbonyl (C=O) groups is 2. The Morgan fingerprint density at radius 2 is 1.76 bits per heavy atom. The van der Waals surface area contributed by atoms with Crippen LogP contribution < -0.4 is 10.6 Å². The molecule has 7 nitrogen and oxygen atoms in total. The van der Waals surface area contributed by atoms with Crippen LogP contribution in [0.4, 0.5) is 0 Å². The van der Waals surface area contributed by atoms with Crippen LogP contribution in [0.3, 0.4) is 0 Å². The Kier molecular flexibility index (Phi) is 8.01. The topological polar surface area (TPSA) is 77.0 Å². The van der Waals surface area contributed by atoms with Gasteiger partial charge in [0.05, 0.1) is 0 Å². The lowest BCUT2D eigenvalue weighted by atomic mass is 10.00. The largest absolute Gasteiger partial charge is 0.357 e. The van der Waals surface area contributed by atoms with Gasteiger partial charge < -0.3 is 20.4 Å². The van der Waals surface area contributed by atoms with Crippen molar-refractivity contribution in [1.29, 1.82) is 0 Å². The van der Waals surface area contributed by atoms with Crippen LogP contribution in [0.2, 0.25) is 0 Å². The van der Waals surface area contributed by atoms with E-state index < -0.39 is 0 Å². The molecule has 2 amide bonds. The van der Waals surface area contributed by atoms with Crippen LogP contribution in [0.25, 0.3) is 0 Å². The first-order chi connectivity index (χ1) is 12.1. The van der Waals surface area contributed by atoms with E-state index in [9.17, 15) is 9.59 Å². The predicted octanol–water partition coefficient (Wildman–Crippen LogP) is 0.813. The lowest BCUT2D eigenvalue weighted by Crippen LogP contribution is -2.43. The number of hydrogen-bond acceptors (Lipinski definition) is 3. The van der Waals surface area contributed by atoms with Crippen LogP contribution in [-0.2, 0) is 9.59 Å². The lowest BCUT2D eigenvalue weighted by molar-refractivity contribution is -0.132. The Labute approximate surface area is 151 Å². The zero-order valence-corrected chi connectivity index (χ0v) is 15.7. The number of aliphatic imine (C=N–C) groups is 1. The minimum atomic E-state index is 0.0769. The van der Waals surface area contributed by atoms with Gasteiger partial charge in [-0.15, -0.1) is 0 Å². The van der Waals surface area contributed by atoms with Gasteiger partial charge in [0.15, 0.2) is 5.96 Å². The number of nitrogens with one attached hydrogen (secondary N) is 2. The van der Waals surface area contributed by atoms with E-state index >= 15 is 0 Å². The molecule has 2 N–H and O–H groups in total. The van der Waals surface area contributed by atoms with Crippen LogP contribution in [-0.4, -0.2) is 73.4 Å². The second kappa shape index (κ2) is 10.3. The third kappa shape index (κ3) is 6.55. The van der Waals surface area contributed by atoms with Gasteiger partial charge >= 0.3 is 0 Å². The maximum atomic E-state index is 12.3. The summed E-state index contributed by atoms with van der Waals surface area (Å²) in [5.41, 5.74) is 0. The van der Waals surface area contributed by atoms with Gasteiger partial charge in [-0.1, -0.05) is 6.92 Å². The van der Waals surface area contributed by atoms with E-state index in [2.05, 4.69) is 22.5 Å². The fourth-order valence-electron chi connectivity index (χ4n) is 3.42. The van der Waals surface area contributed by atoms with E-state index in [1.807, 2.05) is 16.7 Å². The molecule has 2 saturated heterocycles. The number of rotatable bonds is 6. The predicted molar refractivity (Wildman–Crippen MR) is 99.4 cm³/mol. The highest BCUT2D eigenvalue weighted by atomic mass is 16.2. The summed E-state index contributed by atoms with van der Waals surface area (Å²) < 4.78 is 0. The molecule has 2 rings (SSSR count). The Morgan fingerprint density at radius 1 is 1.04 bits per heavy atom. The Bertz CT molecular complexity index is 474. The number of hydrogen-bond donors (Lipinski definition) is 2. The number of amides is 2. The molecule has 0 spiro atoms. The maximum Gasteiger partial charge on any atom is 0.244 e. The minimum absolute atomic E-state index is 0.0769. The number of likely N-dealkylation sites (tertiary alicyclic amines) is 2. The van der Waals surface area contributed by atoms with Gasteiger partial charge in [0.2, 0.25) is 11.8 Å². The molecule has 0 bridgehead atoms. The van der Waals surface area contributed by atoms with E-state index in [1.54, 1.807) is 0 Å². The van der Waals surface area contributed by atoms with E-state index in [1.165, 1.54) is 6.42 Å². The summed E-state index contributed by atoms with van der Waals surface area (Å²) in [6.07, 6.45) is 4.94. The monoisotopic (exact) mass is 351 g/mol. The molecule has 1 atom stereocenters. The van der Waals surface area contributed by atoms with Crippen LogP contribution in [0.15, 0.2) is 4.99 Å². The summed E-state index contributed by atoms with van der Waals surface area (Å²) in [5, 5.41) is 6.30. The first-order valence-electron chi connectivity index (χ1n) is 9.68. The van der Waals surface area contributed by atoms with E-state index in [4.69, 9.17) is 0 Å². The second-order valence-electron chi connectivity index (χ2n) is 7.05. The summed E-state index contributed by atoms with van der Waals surface area (Å²) in [5.74, 6) is 1.48. The zero-order chi connectivity index (χ0) is 18.1. The molecule has 0 saturated carbocycles. The highest BCUT2D eigenvalue weighted by Crippen LogP contribution is 2.15. The van der Waals surface area contributed by atoms with Crippen LogP contribution in [0.5, 0.6) is 0 Å². The number of guanidine groups is 1. The van der Waals surface area contributed by atoms with Gasteiger partial charge in [-0.25, -0.2) is 4.99 Å². The molecular weight excluding hydrogens is 318 g/mol. The fourth-order valence-corrected chi connectivity index (χ4v) is 3.42. The molecule has 1 unspecified atom stereocenters. The van der Waals surface area contributed by atoms with Crippen molar-refractivity contribution in [2.45, 2.75) is 46.0 Å². The summed E-state index contributed by atoms with van der Waals surface area (Å²) >= 11 is 0. The number of carbonyl (C=O) groups excluding carboxylic acids is 2. The SMILES string of the molecule is CCNC(=NCC(=O)N1CCCC1)NCCC(=O)N1CCCC(C)C1. The van der Waals surface area contributed by atoms with E-state index in [0.717, 1.165) is 52.0 Å². The lowest BCUT2D eigenvalue weighted by Gasteiger charge is -2.31. The van der Waals surface area contributed by atoms with Crippen molar-refractivity contribution in [2.24, 2.45) is 10.9 Å². The Hall–Kier alpha value is -1.79. The van der Waals surface area contributed by atoms with Gasteiger partial charge in [0, 0.05) is 45.7 Å². The van der Waals surface area contributed by atoms with Crippen molar-refractivity contribution in [1.82, 2.24) is 20.4 Å². The van der Waals surface area contributed by atoms with Crippen molar-refractivity contribution >= 4 is 17.8 Å². The molecule has 0 aliphatic carbocycles.